The van der Waals surface area contributed by atoms with Crippen molar-refractivity contribution in [2.75, 3.05) is 11.4 Å². The maximum absolute atomic E-state index is 12.2. The molecule has 0 unspecified atom stereocenters. The summed E-state index contributed by atoms with van der Waals surface area (Å²) in [6.45, 7) is 2.72. The minimum absolute atomic E-state index is 0.0956. The zero-order chi connectivity index (χ0) is 15.1. The van der Waals surface area contributed by atoms with Crippen LogP contribution in [0.5, 0.6) is 0 Å². The molecular formula is C17H18N4O. The van der Waals surface area contributed by atoms with E-state index in [-0.39, 0.29) is 5.91 Å². The molecule has 0 atom stereocenters. The molecule has 5 nitrogen and oxygen atoms in total. The van der Waals surface area contributed by atoms with Gasteiger partial charge in [-0.2, -0.15) is 0 Å². The van der Waals surface area contributed by atoms with Crippen LogP contribution in [-0.4, -0.2) is 28.5 Å². The highest BCUT2D eigenvalue weighted by atomic mass is 16.2. The first-order chi connectivity index (χ1) is 10.7. The molecule has 1 saturated carbocycles. The predicted octanol–water partition coefficient (Wildman–Crippen LogP) is 2.37. The zero-order valence-corrected chi connectivity index (χ0v) is 12.5. The Balaban J connectivity index is 1.67. The van der Waals surface area contributed by atoms with Crippen LogP contribution in [0.1, 0.15) is 34.7 Å². The number of hydrogen-bond acceptors (Lipinski definition) is 4. The number of fused-ring (bicyclic) bond motifs is 1. The molecule has 1 aliphatic carbocycles. The number of nitrogens with one attached hydrogen (secondary N) is 1. The maximum Gasteiger partial charge on any atom is 0.270 e. The van der Waals surface area contributed by atoms with Crippen molar-refractivity contribution in [1.29, 1.82) is 0 Å². The van der Waals surface area contributed by atoms with Gasteiger partial charge in [0.25, 0.3) is 5.91 Å². The van der Waals surface area contributed by atoms with Gasteiger partial charge in [0.2, 0.25) is 0 Å². The number of rotatable bonds is 3. The van der Waals surface area contributed by atoms with E-state index in [1.54, 1.807) is 6.07 Å². The number of benzene rings is 1. The molecule has 0 spiro atoms. The van der Waals surface area contributed by atoms with E-state index in [4.69, 9.17) is 0 Å². The first-order valence-corrected chi connectivity index (χ1v) is 7.73. The lowest BCUT2D eigenvalue weighted by atomic mass is 10.2. The lowest BCUT2D eigenvalue weighted by Crippen LogP contribution is -2.27. The Hall–Kier alpha value is -2.43. The summed E-state index contributed by atoms with van der Waals surface area (Å²) >= 11 is 0. The zero-order valence-electron chi connectivity index (χ0n) is 12.5. The van der Waals surface area contributed by atoms with Crippen LogP contribution >= 0.6 is 0 Å². The monoisotopic (exact) mass is 294 g/mol. The summed E-state index contributed by atoms with van der Waals surface area (Å²) in [6.07, 6.45) is 3.15. The molecule has 1 aromatic carbocycles. The van der Waals surface area contributed by atoms with Crippen LogP contribution in [0.25, 0.3) is 0 Å². The van der Waals surface area contributed by atoms with Crippen molar-refractivity contribution in [2.45, 2.75) is 32.2 Å². The SMILES string of the molecule is Cc1nc(C(=O)NC2CC2)cc(N2CCc3ccccc32)n1. The van der Waals surface area contributed by atoms with Crippen molar-refractivity contribution in [2.24, 2.45) is 0 Å². The smallest absolute Gasteiger partial charge is 0.270 e. The van der Waals surface area contributed by atoms with Gasteiger partial charge in [-0.1, -0.05) is 18.2 Å². The third kappa shape index (κ3) is 2.43. The second-order valence-corrected chi connectivity index (χ2v) is 5.94. The average molecular weight is 294 g/mol. The highest BCUT2D eigenvalue weighted by molar-refractivity contribution is 5.93. The highest BCUT2D eigenvalue weighted by Crippen LogP contribution is 2.33. The van der Waals surface area contributed by atoms with E-state index in [0.717, 1.165) is 31.6 Å². The van der Waals surface area contributed by atoms with Crippen molar-refractivity contribution >= 4 is 17.4 Å². The normalized spacial score (nSPS) is 16.5. The summed E-state index contributed by atoms with van der Waals surface area (Å²) < 4.78 is 0. The van der Waals surface area contributed by atoms with E-state index in [1.807, 2.05) is 13.0 Å². The summed E-state index contributed by atoms with van der Waals surface area (Å²) in [4.78, 5) is 23.2. The molecule has 2 aliphatic rings. The van der Waals surface area contributed by atoms with Crippen LogP contribution in [0.15, 0.2) is 30.3 Å². The number of anilines is 2. The van der Waals surface area contributed by atoms with E-state index in [0.29, 0.717) is 17.6 Å². The van der Waals surface area contributed by atoms with E-state index < -0.39 is 0 Å². The fraction of sp³-hybridized carbons (Fsp3) is 0.353. The van der Waals surface area contributed by atoms with Crippen LogP contribution < -0.4 is 10.2 Å². The van der Waals surface area contributed by atoms with Gasteiger partial charge in [-0.05, 0) is 37.8 Å². The summed E-state index contributed by atoms with van der Waals surface area (Å²) in [5.41, 5.74) is 2.95. The molecule has 0 radical (unpaired) electrons. The molecule has 1 aromatic heterocycles. The lowest BCUT2D eigenvalue weighted by Gasteiger charge is -2.19. The third-order valence-corrected chi connectivity index (χ3v) is 4.13. The minimum atomic E-state index is -0.0956. The number of hydrogen-bond donors (Lipinski definition) is 1. The first-order valence-electron chi connectivity index (χ1n) is 7.73. The molecule has 2 aromatic rings. The molecule has 1 aliphatic heterocycles. The number of amides is 1. The van der Waals surface area contributed by atoms with Crippen molar-refractivity contribution in [3.05, 3.63) is 47.4 Å². The quantitative estimate of drug-likeness (QED) is 0.944. The van der Waals surface area contributed by atoms with Gasteiger partial charge in [-0.25, -0.2) is 9.97 Å². The van der Waals surface area contributed by atoms with Gasteiger partial charge < -0.3 is 10.2 Å². The molecule has 1 fully saturated rings. The second-order valence-electron chi connectivity index (χ2n) is 5.94. The fourth-order valence-electron chi connectivity index (χ4n) is 2.87. The van der Waals surface area contributed by atoms with Crippen LogP contribution in [-0.2, 0) is 6.42 Å². The fourth-order valence-corrected chi connectivity index (χ4v) is 2.87. The molecular weight excluding hydrogens is 276 g/mol. The Morgan fingerprint density at radius 2 is 2.09 bits per heavy atom. The lowest BCUT2D eigenvalue weighted by molar-refractivity contribution is 0.0945. The van der Waals surface area contributed by atoms with E-state index >= 15 is 0 Å². The Kier molecular flexibility index (Phi) is 3.06. The molecule has 4 rings (SSSR count). The molecule has 0 saturated heterocycles. The van der Waals surface area contributed by atoms with Gasteiger partial charge in [-0.3, -0.25) is 4.79 Å². The first kappa shape index (κ1) is 13.2. The van der Waals surface area contributed by atoms with Gasteiger partial charge in [0, 0.05) is 24.3 Å². The molecule has 1 N–H and O–H groups in total. The second kappa shape index (κ2) is 5.09. The molecule has 1 amide bonds. The molecule has 112 valence electrons. The summed E-state index contributed by atoms with van der Waals surface area (Å²) in [5.74, 6) is 1.34. The largest absolute Gasteiger partial charge is 0.348 e. The van der Waals surface area contributed by atoms with Crippen LogP contribution in [0.3, 0.4) is 0 Å². The Morgan fingerprint density at radius 1 is 1.27 bits per heavy atom. The highest BCUT2D eigenvalue weighted by Gasteiger charge is 2.26. The predicted molar refractivity (Wildman–Crippen MR) is 84.4 cm³/mol. The van der Waals surface area contributed by atoms with Crippen molar-refractivity contribution in [1.82, 2.24) is 15.3 Å². The van der Waals surface area contributed by atoms with Crippen LogP contribution in [0.2, 0.25) is 0 Å². The van der Waals surface area contributed by atoms with Crippen LogP contribution in [0, 0.1) is 6.92 Å². The van der Waals surface area contributed by atoms with Crippen LogP contribution in [0.4, 0.5) is 11.5 Å². The number of para-hydroxylation sites is 1. The summed E-state index contributed by atoms with van der Waals surface area (Å²) in [5, 5.41) is 2.99. The van der Waals surface area contributed by atoms with E-state index in [2.05, 4.69) is 38.4 Å². The van der Waals surface area contributed by atoms with Gasteiger partial charge >= 0.3 is 0 Å². The van der Waals surface area contributed by atoms with E-state index in [1.165, 1.54) is 11.3 Å². The summed E-state index contributed by atoms with van der Waals surface area (Å²) in [7, 11) is 0. The Morgan fingerprint density at radius 3 is 2.91 bits per heavy atom. The standard InChI is InChI=1S/C17H18N4O/c1-11-18-14(17(22)20-13-6-7-13)10-16(19-11)21-9-8-12-4-2-3-5-15(12)21/h2-5,10,13H,6-9H2,1H3,(H,20,22). The number of carbonyl (C=O) groups excluding carboxylic acids is 1. The summed E-state index contributed by atoms with van der Waals surface area (Å²) in [6, 6.07) is 10.5. The molecule has 22 heavy (non-hydrogen) atoms. The maximum atomic E-state index is 12.2. The number of nitrogens with zero attached hydrogens (tertiary/aromatic N) is 3. The topological polar surface area (TPSA) is 58.1 Å². The number of carbonyl (C=O) groups is 1. The Labute approximate surface area is 129 Å². The van der Waals surface area contributed by atoms with Crippen molar-refractivity contribution in [3.63, 3.8) is 0 Å². The van der Waals surface area contributed by atoms with Gasteiger partial charge in [0.15, 0.2) is 0 Å². The molecule has 0 bridgehead atoms. The molecule has 5 heteroatoms. The third-order valence-electron chi connectivity index (χ3n) is 4.13. The van der Waals surface area contributed by atoms with Gasteiger partial charge in [0.05, 0.1) is 0 Å². The van der Waals surface area contributed by atoms with Crippen molar-refractivity contribution < 1.29 is 4.79 Å². The Bertz CT molecular complexity index is 739. The van der Waals surface area contributed by atoms with Gasteiger partial charge in [0.1, 0.15) is 17.3 Å². The number of aromatic nitrogens is 2. The average Bonchev–Trinajstić information content (AvgIpc) is 3.22. The van der Waals surface area contributed by atoms with Gasteiger partial charge in [-0.15, -0.1) is 0 Å². The van der Waals surface area contributed by atoms with E-state index in [9.17, 15) is 4.79 Å². The molecule has 2 heterocycles. The van der Waals surface area contributed by atoms with Crippen molar-refractivity contribution in [3.8, 4) is 0 Å². The number of aryl methyl sites for hydroxylation is 1. The minimum Gasteiger partial charge on any atom is -0.348 e.